The fraction of sp³-hybridized carbons (Fsp3) is 0.522. The molecule has 0 bridgehead atoms. The van der Waals surface area contributed by atoms with Gasteiger partial charge >= 0.3 is 0 Å². The third kappa shape index (κ3) is 5.85. The first kappa shape index (κ1) is 22.8. The number of nitrogens with zero attached hydrogens (tertiary/aromatic N) is 3. The number of benzene rings is 1. The van der Waals surface area contributed by atoms with Crippen LogP contribution in [-0.4, -0.2) is 56.8 Å². The van der Waals surface area contributed by atoms with Gasteiger partial charge in [-0.25, -0.2) is 9.97 Å². The summed E-state index contributed by atoms with van der Waals surface area (Å²) in [5.74, 6) is 1.75. The predicted molar refractivity (Wildman–Crippen MR) is 118 cm³/mol. The number of anilines is 1. The second kappa shape index (κ2) is 9.51. The van der Waals surface area contributed by atoms with E-state index in [1.165, 1.54) is 12.4 Å². The van der Waals surface area contributed by atoms with E-state index < -0.39 is 5.60 Å². The SMILES string of the molecule is CCOc1cc(CNc2ncc(C(=O)N3CCC3C(C)(C)O)cn2)cc(OC(C)C)c1. The molecule has 1 amide bonds. The maximum atomic E-state index is 12.7. The number of nitrogens with one attached hydrogen (secondary N) is 1. The van der Waals surface area contributed by atoms with E-state index in [2.05, 4.69) is 15.3 Å². The molecule has 2 heterocycles. The zero-order valence-electron chi connectivity index (χ0n) is 18.9. The maximum absolute atomic E-state index is 12.7. The molecule has 1 fully saturated rings. The average molecular weight is 429 g/mol. The maximum Gasteiger partial charge on any atom is 0.257 e. The standard InChI is InChI=1S/C23H32N4O4/c1-6-30-18-9-16(10-19(11-18)31-15(2)3)12-24-22-25-13-17(14-26-22)21(28)27-8-7-20(27)23(4,5)29/h9-11,13-15,20,29H,6-8,12H2,1-5H3,(H,24,25,26). The van der Waals surface area contributed by atoms with Crippen LogP contribution < -0.4 is 14.8 Å². The topological polar surface area (TPSA) is 96.8 Å². The van der Waals surface area contributed by atoms with Crippen LogP contribution in [0.1, 0.15) is 57.0 Å². The monoisotopic (exact) mass is 428 g/mol. The lowest BCUT2D eigenvalue weighted by atomic mass is 9.87. The minimum Gasteiger partial charge on any atom is -0.494 e. The summed E-state index contributed by atoms with van der Waals surface area (Å²) in [5.41, 5.74) is 0.453. The Hall–Kier alpha value is -2.87. The molecule has 0 aliphatic carbocycles. The molecule has 1 aliphatic heterocycles. The number of aliphatic hydroxyl groups is 1. The van der Waals surface area contributed by atoms with Crippen LogP contribution in [0.3, 0.4) is 0 Å². The van der Waals surface area contributed by atoms with Gasteiger partial charge in [0.1, 0.15) is 11.5 Å². The molecule has 1 aromatic heterocycles. The fourth-order valence-corrected chi connectivity index (χ4v) is 3.56. The van der Waals surface area contributed by atoms with Gasteiger partial charge in [0.05, 0.1) is 29.9 Å². The molecule has 0 saturated carbocycles. The van der Waals surface area contributed by atoms with Crippen molar-refractivity contribution in [2.75, 3.05) is 18.5 Å². The van der Waals surface area contributed by atoms with Gasteiger partial charge in [-0.15, -0.1) is 0 Å². The highest BCUT2D eigenvalue weighted by molar-refractivity contribution is 5.94. The summed E-state index contributed by atoms with van der Waals surface area (Å²) >= 11 is 0. The van der Waals surface area contributed by atoms with E-state index in [9.17, 15) is 9.90 Å². The van der Waals surface area contributed by atoms with Crippen molar-refractivity contribution in [2.45, 2.75) is 65.3 Å². The molecule has 1 atom stereocenters. The highest BCUT2D eigenvalue weighted by Gasteiger charge is 2.41. The first-order valence-corrected chi connectivity index (χ1v) is 10.7. The third-order valence-corrected chi connectivity index (χ3v) is 5.07. The molecule has 168 valence electrons. The second-order valence-corrected chi connectivity index (χ2v) is 8.52. The largest absolute Gasteiger partial charge is 0.494 e. The zero-order valence-corrected chi connectivity index (χ0v) is 18.9. The van der Waals surface area contributed by atoms with Gasteiger partial charge in [0.15, 0.2) is 0 Å². The van der Waals surface area contributed by atoms with Crippen molar-refractivity contribution in [1.29, 1.82) is 0 Å². The van der Waals surface area contributed by atoms with Crippen LogP contribution in [0.25, 0.3) is 0 Å². The number of carbonyl (C=O) groups excluding carboxylic acids is 1. The summed E-state index contributed by atoms with van der Waals surface area (Å²) in [6.07, 6.45) is 3.88. The number of amides is 1. The van der Waals surface area contributed by atoms with Crippen molar-refractivity contribution in [3.63, 3.8) is 0 Å². The molecule has 0 spiro atoms. The number of rotatable bonds is 9. The lowest BCUT2D eigenvalue weighted by molar-refractivity contribution is -0.0550. The van der Waals surface area contributed by atoms with Crippen molar-refractivity contribution in [3.8, 4) is 11.5 Å². The van der Waals surface area contributed by atoms with Crippen molar-refractivity contribution in [2.24, 2.45) is 0 Å². The van der Waals surface area contributed by atoms with Crippen LogP contribution in [0.5, 0.6) is 11.5 Å². The summed E-state index contributed by atoms with van der Waals surface area (Å²) in [5, 5.41) is 13.4. The van der Waals surface area contributed by atoms with E-state index in [4.69, 9.17) is 9.47 Å². The Balaban J connectivity index is 1.64. The van der Waals surface area contributed by atoms with Gasteiger partial charge in [0.25, 0.3) is 5.91 Å². The molecule has 1 unspecified atom stereocenters. The lowest BCUT2D eigenvalue weighted by Gasteiger charge is -2.47. The summed E-state index contributed by atoms with van der Waals surface area (Å²) in [7, 11) is 0. The van der Waals surface area contributed by atoms with Crippen molar-refractivity contribution in [1.82, 2.24) is 14.9 Å². The smallest absolute Gasteiger partial charge is 0.257 e. The van der Waals surface area contributed by atoms with Crippen LogP contribution in [0.2, 0.25) is 0 Å². The van der Waals surface area contributed by atoms with E-state index >= 15 is 0 Å². The number of carbonyl (C=O) groups is 1. The van der Waals surface area contributed by atoms with E-state index in [0.29, 0.717) is 31.2 Å². The van der Waals surface area contributed by atoms with Gasteiger partial charge < -0.3 is 24.8 Å². The highest BCUT2D eigenvalue weighted by atomic mass is 16.5. The van der Waals surface area contributed by atoms with Crippen molar-refractivity contribution < 1.29 is 19.4 Å². The summed E-state index contributed by atoms with van der Waals surface area (Å²) < 4.78 is 11.4. The molecule has 3 rings (SSSR count). The van der Waals surface area contributed by atoms with Gasteiger partial charge in [0.2, 0.25) is 5.95 Å². The Labute approximate surface area is 183 Å². The fourth-order valence-electron chi connectivity index (χ4n) is 3.56. The molecular weight excluding hydrogens is 396 g/mol. The minimum absolute atomic E-state index is 0.0634. The minimum atomic E-state index is -0.926. The quantitative estimate of drug-likeness (QED) is 0.633. The Kier molecular flexibility index (Phi) is 7.00. The van der Waals surface area contributed by atoms with Crippen LogP contribution in [-0.2, 0) is 6.54 Å². The van der Waals surface area contributed by atoms with Crippen LogP contribution in [0, 0.1) is 0 Å². The van der Waals surface area contributed by atoms with Gasteiger partial charge in [-0.2, -0.15) is 0 Å². The molecule has 1 aliphatic rings. The molecule has 2 N–H and O–H groups in total. The van der Waals surface area contributed by atoms with E-state index in [1.54, 1.807) is 18.7 Å². The first-order valence-electron chi connectivity index (χ1n) is 10.7. The van der Waals surface area contributed by atoms with Gasteiger partial charge in [0, 0.05) is 31.5 Å². The summed E-state index contributed by atoms with van der Waals surface area (Å²) in [6, 6.07) is 5.59. The lowest BCUT2D eigenvalue weighted by Crippen LogP contribution is -2.60. The second-order valence-electron chi connectivity index (χ2n) is 8.52. The van der Waals surface area contributed by atoms with Crippen molar-refractivity contribution >= 4 is 11.9 Å². The Bertz CT molecular complexity index is 893. The first-order chi connectivity index (χ1) is 14.7. The molecule has 31 heavy (non-hydrogen) atoms. The number of ether oxygens (including phenoxy) is 2. The molecule has 1 saturated heterocycles. The summed E-state index contributed by atoms with van der Waals surface area (Å²) in [6.45, 7) is 11.0. The number of aromatic nitrogens is 2. The average Bonchev–Trinajstić information content (AvgIpc) is 2.64. The highest BCUT2D eigenvalue weighted by Crippen LogP contribution is 2.29. The van der Waals surface area contributed by atoms with Crippen LogP contribution >= 0.6 is 0 Å². The van der Waals surface area contributed by atoms with Crippen molar-refractivity contribution in [3.05, 3.63) is 41.7 Å². The van der Waals surface area contributed by atoms with Crippen LogP contribution in [0.15, 0.2) is 30.6 Å². The number of likely N-dealkylation sites (tertiary alicyclic amines) is 1. The molecule has 8 heteroatoms. The van der Waals surface area contributed by atoms with Gasteiger partial charge in [-0.1, -0.05) is 0 Å². The van der Waals surface area contributed by atoms with Gasteiger partial charge in [-0.05, 0) is 58.7 Å². The van der Waals surface area contributed by atoms with Gasteiger partial charge in [-0.3, -0.25) is 4.79 Å². The summed E-state index contributed by atoms with van der Waals surface area (Å²) in [4.78, 5) is 22.9. The zero-order chi connectivity index (χ0) is 22.6. The third-order valence-electron chi connectivity index (χ3n) is 5.07. The molecule has 0 radical (unpaired) electrons. The predicted octanol–water partition coefficient (Wildman–Crippen LogP) is 3.26. The van der Waals surface area contributed by atoms with E-state index in [0.717, 1.165) is 23.5 Å². The number of hydrogen-bond acceptors (Lipinski definition) is 7. The number of hydrogen-bond donors (Lipinski definition) is 2. The Morgan fingerprint density at radius 3 is 2.48 bits per heavy atom. The molecule has 8 nitrogen and oxygen atoms in total. The van der Waals surface area contributed by atoms with E-state index in [-0.39, 0.29) is 18.1 Å². The molecule has 1 aromatic carbocycles. The molecular formula is C23H32N4O4. The van der Waals surface area contributed by atoms with E-state index in [1.807, 2.05) is 39.0 Å². The Morgan fingerprint density at radius 2 is 1.94 bits per heavy atom. The normalized spacial score (nSPS) is 16.1. The Morgan fingerprint density at radius 1 is 1.26 bits per heavy atom. The molecule has 2 aromatic rings. The van der Waals surface area contributed by atoms with Crippen LogP contribution in [0.4, 0.5) is 5.95 Å².